The van der Waals surface area contributed by atoms with Crippen molar-refractivity contribution in [1.29, 1.82) is 0 Å². The van der Waals surface area contributed by atoms with Gasteiger partial charge in [-0.3, -0.25) is 24.2 Å². The fourth-order valence-electron chi connectivity index (χ4n) is 4.73. The SMILES string of the molecule is CC(CCCC(=O)COCCO)N1CN2CN(C(C)C)C23CN(C(C)C)P3C1. The van der Waals surface area contributed by atoms with Crippen LogP contribution in [0.4, 0.5) is 0 Å². The number of carbonyl (C=O) groups is 1. The molecule has 0 aromatic carbocycles. The van der Waals surface area contributed by atoms with Crippen molar-refractivity contribution in [3.8, 4) is 0 Å². The molecule has 8 heteroatoms. The molecular formula is C20H39N4O3P. The van der Waals surface area contributed by atoms with Crippen LogP contribution < -0.4 is 0 Å². The summed E-state index contributed by atoms with van der Waals surface area (Å²) < 4.78 is 7.84. The number of aliphatic hydroxyl groups is 1. The number of ketones is 1. The summed E-state index contributed by atoms with van der Waals surface area (Å²) in [5, 5.41) is 9.03. The third kappa shape index (κ3) is 4.18. The minimum atomic E-state index is -0.190. The fourth-order valence-corrected chi connectivity index (χ4v) is 8.30. The Morgan fingerprint density at radius 3 is 2.57 bits per heavy atom. The van der Waals surface area contributed by atoms with Crippen molar-refractivity contribution >= 4 is 13.9 Å². The topological polar surface area (TPSA) is 59.5 Å². The van der Waals surface area contributed by atoms with Crippen molar-refractivity contribution in [1.82, 2.24) is 19.4 Å². The van der Waals surface area contributed by atoms with Gasteiger partial charge in [0.1, 0.15) is 12.0 Å². The number of aliphatic hydroxyl groups excluding tert-OH is 1. The van der Waals surface area contributed by atoms with Gasteiger partial charge in [-0.1, -0.05) is 0 Å². The van der Waals surface area contributed by atoms with Gasteiger partial charge >= 0.3 is 0 Å². The maximum Gasteiger partial charge on any atom is 0.158 e. The number of rotatable bonds is 11. The lowest BCUT2D eigenvalue weighted by Gasteiger charge is -2.77. The number of nitrogens with zero attached hydrogens (tertiary/aromatic N) is 4. The molecule has 0 amide bonds. The number of ether oxygens (including phenoxy) is 1. The summed E-state index contributed by atoms with van der Waals surface area (Å²) in [6, 6.07) is 1.72. The van der Waals surface area contributed by atoms with Crippen LogP contribution in [0.5, 0.6) is 0 Å². The second-order valence-electron chi connectivity index (χ2n) is 9.04. The van der Waals surface area contributed by atoms with Gasteiger partial charge in [-0.15, -0.1) is 0 Å². The predicted octanol–water partition coefficient (Wildman–Crippen LogP) is 2.11. The number of carbonyl (C=O) groups excluding carboxylic acids is 1. The van der Waals surface area contributed by atoms with E-state index in [0.29, 0.717) is 30.0 Å². The van der Waals surface area contributed by atoms with Crippen LogP contribution in [0, 0.1) is 0 Å². The van der Waals surface area contributed by atoms with E-state index in [4.69, 9.17) is 9.84 Å². The van der Waals surface area contributed by atoms with Gasteiger partial charge < -0.3 is 9.84 Å². The maximum atomic E-state index is 11.9. The Morgan fingerprint density at radius 1 is 1.18 bits per heavy atom. The molecule has 3 fully saturated rings. The smallest absolute Gasteiger partial charge is 0.158 e. The van der Waals surface area contributed by atoms with Crippen LogP contribution >= 0.6 is 8.07 Å². The van der Waals surface area contributed by atoms with Crippen molar-refractivity contribution in [3.63, 3.8) is 0 Å². The van der Waals surface area contributed by atoms with Crippen LogP contribution in [0.3, 0.4) is 0 Å². The van der Waals surface area contributed by atoms with E-state index in [2.05, 4.69) is 54.0 Å². The van der Waals surface area contributed by atoms with Crippen LogP contribution in [0.25, 0.3) is 0 Å². The van der Waals surface area contributed by atoms with E-state index in [9.17, 15) is 4.79 Å². The Balaban J connectivity index is 1.50. The normalized spacial score (nSPS) is 30.1. The second kappa shape index (κ2) is 9.34. The van der Waals surface area contributed by atoms with Crippen LogP contribution in [0.1, 0.15) is 53.9 Å². The summed E-state index contributed by atoms with van der Waals surface area (Å²) in [5.41, 5.74) is 0. The third-order valence-corrected chi connectivity index (χ3v) is 9.84. The first-order valence-corrected chi connectivity index (χ1v) is 12.3. The molecule has 0 aromatic rings. The van der Waals surface area contributed by atoms with Gasteiger partial charge in [0, 0.05) is 45.4 Å². The first-order valence-electron chi connectivity index (χ1n) is 10.8. The predicted molar refractivity (Wildman–Crippen MR) is 113 cm³/mol. The molecule has 3 aliphatic rings. The lowest BCUT2D eigenvalue weighted by molar-refractivity contribution is -0.210. The van der Waals surface area contributed by atoms with E-state index in [1.807, 2.05) is 0 Å². The third-order valence-electron chi connectivity index (χ3n) is 6.47. The molecule has 1 N–H and O–H groups in total. The summed E-state index contributed by atoms with van der Waals surface area (Å²) in [6.07, 6.45) is 3.71. The zero-order valence-electron chi connectivity index (χ0n) is 18.3. The number of hydrogen-bond acceptors (Lipinski definition) is 7. The molecular weight excluding hydrogens is 375 g/mol. The molecule has 7 nitrogen and oxygen atoms in total. The van der Waals surface area contributed by atoms with E-state index in [0.717, 1.165) is 26.2 Å². The Morgan fingerprint density at radius 2 is 1.93 bits per heavy atom. The molecule has 3 atom stereocenters. The molecule has 1 spiro atoms. The molecule has 3 unspecified atom stereocenters. The highest BCUT2D eigenvalue weighted by molar-refractivity contribution is 7.58. The standard InChI is InChI=1S/C20H39N4O3P/c1-16(2)23-14-22-13-21(15-28-20(22,23)12-24(28)17(3)4)18(5)7-6-8-19(26)11-27-10-9-25/h16-18,25H,6-15H2,1-5H3. The number of Topliss-reactive ketones (excluding diaryl/α,β-unsaturated/α-hetero) is 1. The van der Waals surface area contributed by atoms with Crippen molar-refractivity contribution < 1.29 is 14.6 Å². The van der Waals surface area contributed by atoms with Gasteiger partial charge in [0.25, 0.3) is 0 Å². The lowest BCUT2D eigenvalue weighted by atomic mass is 10.1. The van der Waals surface area contributed by atoms with Crippen molar-refractivity contribution in [3.05, 3.63) is 0 Å². The summed E-state index contributed by atoms with van der Waals surface area (Å²) in [5.74, 6) is 0.142. The molecule has 0 radical (unpaired) electrons. The quantitative estimate of drug-likeness (QED) is 0.410. The van der Waals surface area contributed by atoms with Crippen molar-refractivity contribution in [2.24, 2.45) is 0 Å². The lowest BCUT2D eigenvalue weighted by Crippen LogP contribution is -2.86. The molecule has 0 aromatic heterocycles. The van der Waals surface area contributed by atoms with Gasteiger partial charge in [0.15, 0.2) is 5.78 Å². The summed E-state index contributed by atoms with van der Waals surface area (Å²) in [6.45, 7) is 15.3. The molecule has 3 aliphatic heterocycles. The first kappa shape index (κ1) is 22.5. The van der Waals surface area contributed by atoms with Crippen LogP contribution in [0.15, 0.2) is 0 Å². The largest absolute Gasteiger partial charge is 0.394 e. The fraction of sp³-hybridized carbons (Fsp3) is 0.950. The molecule has 28 heavy (non-hydrogen) atoms. The molecule has 3 saturated heterocycles. The zero-order chi connectivity index (χ0) is 20.5. The van der Waals surface area contributed by atoms with Crippen molar-refractivity contribution in [2.75, 3.05) is 46.0 Å². The Hall–Kier alpha value is -0.140. The maximum absolute atomic E-state index is 11.9. The highest BCUT2D eigenvalue weighted by atomic mass is 31.1. The average Bonchev–Trinajstić information content (AvgIpc) is 2.58. The van der Waals surface area contributed by atoms with Gasteiger partial charge in [0.2, 0.25) is 0 Å². The van der Waals surface area contributed by atoms with Gasteiger partial charge in [-0.25, -0.2) is 0 Å². The molecule has 0 aliphatic carbocycles. The van der Waals surface area contributed by atoms with Gasteiger partial charge in [0.05, 0.1) is 26.6 Å². The minimum Gasteiger partial charge on any atom is -0.394 e. The first-order chi connectivity index (χ1) is 13.3. The number of hydrogen-bond donors (Lipinski definition) is 1. The average molecular weight is 415 g/mol. The highest BCUT2D eigenvalue weighted by Crippen LogP contribution is 2.71. The second-order valence-corrected chi connectivity index (χ2v) is 11.3. The van der Waals surface area contributed by atoms with Gasteiger partial charge in [-0.2, -0.15) is 0 Å². The molecule has 0 saturated carbocycles. The Kier molecular flexibility index (Phi) is 7.52. The van der Waals surface area contributed by atoms with Gasteiger partial charge in [-0.05, 0) is 47.5 Å². The molecule has 3 rings (SSSR count). The minimum absolute atomic E-state index is 0.0259. The Bertz CT molecular complexity index is 550. The van der Waals surface area contributed by atoms with Crippen LogP contribution in [-0.2, 0) is 9.53 Å². The monoisotopic (exact) mass is 414 g/mol. The highest BCUT2D eigenvalue weighted by Gasteiger charge is 2.68. The van der Waals surface area contributed by atoms with E-state index in [-0.39, 0.29) is 33.7 Å². The van der Waals surface area contributed by atoms with Crippen LogP contribution in [-0.4, -0.2) is 99.8 Å². The summed E-state index contributed by atoms with van der Waals surface area (Å²) in [7, 11) is -0.190. The Labute approximate surface area is 171 Å². The van der Waals surface area contributed by atoms with E-state index in [1.54, 1.807) is 0 Å². The molecule has 0 bridgehead atoms. The van der Waals surface area contributed by atoms with E-state index < -0.39 is 0 Å². The zero-order valence-corrected chi connectivity index (χ0v) is 19.2. The summed E-state index contributed by atoms with van der Waals surface area (Å²) >= 11 is 0. The van der Waals surface area contributed by atoms with Crippen LogP contribution in [0.2, 0.25) is 0 Å². The molecule has 162 valence electrons. The van der Waals surface area contributed by atoms with E-state index in [1.165, 1.54) is 12.8 Å². The van der Waals surface area contributed by atoms with E-state index >= 15 is 0 Å². The van der Waals surface area contributed by atoms with Crippen molar-refractivity contribution in [2.45, 2.75) is 77.4 Å². The summed E-state index contributed by atoms with van der Waals surface area (Å²) in [4.78, 5) is 19.9. The molecule has 3 heterocycles.